The van der Waals surface area contributed by atoms with E-state index in [4.69, 9.17) is 0 Å². The van der Waals surface area contributed by atoms with Crippen molar-refractivity contribution in [1.29, 1.82) is 0 Å². The van der Waals surface area contributed by atoms with Crippen molar-refractivity contribution >= 4 is 54.8 Å². The molecule has 2 N–H and O–H groups in total. The number of carbonyl (C=O) groups is 1. The van der Waals surface area contributed by atoms with Crippen LogP contribution in [-0.4, -0.2) is 12.5 Å². The van der Waals surface area contributed by atoms with Crippen LogP contribution in [0.2, 0.25) is 0 Å². The molecule has 1 aliphatic rings. The van der Waals surface area contributed by atoms with E-state index in [-0.39, 0.29) is 5.91 Å². The van der Waals surface area contributed by atoms with Crippen molar-refractivity contribution in [3.63, 3.8) is 0 Å². The summed E-state index contributed by atoms with van der Waals surface area (Å²) in [6.45, 7) is 1.89. The van der Waals surface area contributed by atoms with E-state index in [9.17, 15) is 4.79 Å². The Labute approximate surface area is 138 Å². The maximum absolute atomic E-state index is 12.2. The molecule has 0 atom stereocenters. The van der Waals surface area contributed by atoms with Crippen LogP contribution in [0, 0.1) is 0 Å². The summed E-state index contributed by atoms with van der Waals surface area (Å²) >= 11 is 8.29. The number of nitrogens with one attached hydrogen (secondary N) is 2. The number of halogens is 2. The van der Waals surface area contributed by atoms with E-state index < -0.39 is 0 Å². The first-order chi connectivity index (χ1) is 9.63. The standard InChI is InChI=1S/C14H12Br2N2OS/c15-12-6-11(13(16)20-12)14(19)18-10-2-1-8-3-4-17-7-9(8)5-10/h1-2,5-6,17H,3-4,7H2,(H,18,19). The Morgan fingerprint density at radius 3 is 2.85 bits per heavy atom. The Bertz CT molecular complexity index is 669. The molecule has 1 aliphatic heterocycles. The second-order valence-electron chi connectivity index (χ2n) is 4.60. The average molecular weight is 416 g/mol. The number of thiophene rings is 1. The van der Waals surface area contributed by atoms with Crippen molar-refractivity contribution in [2.45, 2.75) is 13.0 Å². The van der Waals surface area contributed by atoms with Gasteiger partial charge in [-0.15, -0.1) is 11.3 Å². The van der Waals surface area contributed by atoms with Gasteiger partial charge in [0.15, 0.2) is 0 Å². The lowest BCUT2D eigenvalue weighted by atomic mass is 10.0. The highest BCUT2D eigenvalue weighted by molar-refractivity contribution is 9.12. The molecule has 20 heavy (non-hydrogen) atoms. The molecule has 3 rings (SSSR count). The number of rotatable bonds is 2. The molecular formula is C14H12Br2N2OS. The Kier molecular flexibility index (Phi) is 4.26. The van der Waals surface area contributed by atoms with Gasteiger partial charge in [-0.3, -0.25) is 4.79 Å². The smallest absolute Gasteiger partial charge is 0.257 e. The number of hydrogen-bond donors (Lipinski definition) is 2. The third kappa shape index (κ3) is 2.98. The molecule has 0 saturated heterocycles. The van der Waals surface area contributed by atoms with E-state index in [2.05, 4.69) is 54.6 Å². The molecule has 0 saturated carbocycles. The zero-order chi connectivity index (χ0) is 14.1. The number of carbonyl (C=O) groups excluding carboxylic acids is 1. The fourth-order valence-electron chi connectivity index (χ4n) is 2.25. The zero-order valence-corrected chi connectivity index (χ0v) is 14.5. The summed E-state index contributed by atoms with van der Waals surface area (Å²) in [5.41, 5.74) is 4.12. The largest absolute Gasteiger partial charge is 0.322 e. The quantitative estimate of drug-likeness (QED) is 0.772. The molecule has 0 bridgehead atoms. The van der Waals surface area contributed by atoms with Gasteiger partial charge in [-0.05, 0) is 74.2 Å². The molecule has 0 fully saturated rings. The van der Waals surface area contributed by atoms with Crippen LogP contribution in [0.1, 0.15) is 21.5 Å². The molecule has 0 radical (unpaired) electrons. The maximum Gasteiger partial charge on any atom is 0.257 e. The molecule has 0 unspecified atom stereocenters. The van der Waals surface area contributed by atoms with Crippen LogP contribution in [0.3, 0.4) is 0 Å². The number of fused-ring (bicyclic) bond motifs is 1. The molecule has 1 aromatic heterocycles. The monoisotopic (exact) mass is 414 g/mol. The Morgan fingerprint density at radius 1 is 1.25 bits per heavy atom. The lowest BCUT2D eigenvalue weighted by molar-refractivity contribution is 0.102. The minimum atomic E-state index is -0.0949. The number of benzene rings is 1. The van der Waals surface area contributed by atoms with E-state index >= 15 is 0 Å². The van der Waals surface area contributed by atoms with Crippen LogP contribution in [0.25, 0.3) is 0 Å². The predicted molar refractivity (Wildman–Crippen MR) is 89.5 cm³/mol. The van der Waals surface area contributed by atoms with Gasteiger partial charge in [0.2, 0.25) is 0 Å². The van der Waals surface area contributed by atoms with Gasteiger partial charge in [0, 0.05) is 12.2 Å². The van der Waals surface area contributed by atoms with Gasteiger partial charge < -0.3 is 10.6 Å². The third-order valence-corrected chi connectivity index (χ3v) is 5.59. The summed E-state index contributed by atoms with van der Waals surface area (Å²) in [4.78, 5) is 12.2. The SMILES string of the molecule is O=C(Nc1ccc2c(c1)CNCC2)c1cc(Br)sc1Br. The molecule has 0 aliphatic carbocycles. The van der Waals surface area contributed by atoms with Crippen molar-refractivity contribution in [3.8, 4) is 0 Å². The van der Waals surface area contributed by atoms with Gasteiger partial charge >= 0.3 is 0 Å². The van der Waals surface area contributed by atoms with Crippen LogP contribution in [0.4, 0.5) is 5.69 Å². The van der Waals surface area contributed by atoms with Crippen molar-refractivity contribution in [1.82, 2.24) is 5.32 Å². The third-order valence-electron chi connectivity index (χ3n) is 3.25. The van der Waals surface area contributed by atoms with E-state index in [1.807, 2.05) is 12.1 Å². The van der Waals surface area contributed by atoms with Crippen molar-refractivity contribution in [2.75, 3.05) is 11.9 Å². The van der Waals surface area contributed by atoms with Crippen molar-refractivity contribution in [2.24, 2.45) is 0 Å². The fourth-order valence-corrected chi connectivity index (χ4v) is 5.05. The molecule has 0 spiro atoms. The predicted octanol–water partition coefficient (Wildman–Crippen LogP) is 4.17. The minimum Gasteiger partial charge on any atom is -0.322 e. The van der Waals surface area contributed by atoms with Crippen molar-refractivity contribution in [3.05, 3.63) is 48.5 Å². The average Bonchev–Trinajstić information content (AvgIpc) is 2.78. The summed E-state index contributed by atoms with van der Waals surface area (Å²) in [6, 6.07) is 7.94. The zero-order valence-electron chi connectivity index (χ0n) is 10.5. The van der Waals surface area contributed by atoms with Gasteiger partial charge in [0.05, 0.1) is 13.1 Å². The summed E-state index contributed by atoms with van der Waals surface area (Å²) in [6.07, 6.45) is 1.05. The molecule has 104 valence electrons. The maximum atomic E-state index is 12.2. The molecule has 1 amide bonds. The number of hydrogen-bond acceptors (Lipinski definition) is 3. The highest BCUT2D eigenvalue weighted by atomic mass is 79.9. The highest BCUT2D eigenvalue weighted by Gasteiger charge is 2.15. The van der Waals surface area contributed by atoms with Crippen LogP contribution in [0.5, 0.6) is 0 Å². The highest BCUT2D eigenvalue weighted by Crippen LogP contribution is 2.32. The summed E-state index contributed by atoms with van der Waals surface area (Å²) in [5.74, 6) is -0.0949. The fraction of sp³-hybridized carbons (Fsp3) is 0.214. The minimum absolute atomic E-state index is 0.0949. The van der Waals surface area contributed by atoms with Crippen LogP contribution < -0.4 is 10.6 Å². The Balaban J connectivity index is 1.81. The Morgan fingerprint density at radius 2 is 2.10 bits per heavy atom. The normalized spacial score (nSPS) is 13.9. The molecule has 2 heterocycles. The van der Waals surface area contributed by atoms with E-state index in [1.54, 1.807) is 0 Å². The van der Waals surface area contributed by atoms with Crippen LogP contribution in [-0.2, 0) is 13.0 Å². The lowest BCUT2D eigenvalue weighted by Crippen LogP contribution is -2.23. The molecular weight excluding hydrogens is 404 g/mol. The lowest BCUT2D eigenvalue weighted by Gasteiger charge is -2.18. The van der Waals surface area contributed by atoms with Crippen molar-refractivity contribution < 1.29 is 4.79 Å². The van der Waals surface area contributed by atoms with E-state index in [0.29, 0.717) is 5.56 Å². The molecule has 6 heteroatoms. The first-order valence-electron chi connectivity index (χ1n) is 6.22. The van der Waals surface area contributed by atoms with Gasteiger partial charge in [-0.25, -0.2) is 0 Å². The second kappa shape index (κ2) is 5.97. The molecule has 2 aromatic rings. The van der Waals surface area contributed by atoms with Crippen LogP contribution in [0.15, 0.2) is 31.8 Å². The Hall–Kier alpha value is -0.690. The van der Waals surface area contributed by atoms with Gasteiger partial charge in [0.1, 0.15) is 0 Å². The van der Waals surface area contributed by atoms with Gasteiger partial charge in [0.25, 0.3) is 5.91 Å². The summed E-state index contributed by atoms with van der Waals surface area (Å²) in [5, 5.41) is 6.29. The first-order valence-corrected chi connectivity index (χ1v) is 8.62. The summed E-state index contributed by atoms with van der Waals surface area (Å²) < 4.78 is 1.77. The number of anilines is 1. The topological polar surface area (TPSA) is 41.1 Å². The summed E-state index contributed by atoms with van der Waals surface area (Å²) in [7, 11) is 0. The molecule has 3 nitrogen and oxygen atoms in total. The number of amides is 1. The van der Waals surface area contributed by atoms with E-state index in [1.165, 1.54) is 22.5 Å². The van der Waals surface area contributed by atoms with Crippen LogP contribution >= 0.6 is 43.2 Å². The first kappa shape index (κ1) is 14.3. The van der Waals surface area contributed by atoms with Gasteiger partial charge in [-0.2, -0.15) is 0 Å². The second-order valence-corrected chi connectivity index (χ2v) is 8.35. The molecule has 1 aromatic carbocycles. The van der Waals surface area contributed by atoms with Gasteiger partial charge in [-0.1, -0.05) is 6.07 Å². The van der Waals surface area contributed by atoms with E-state index in [0.717, 1.165) is 32.8 Å².